The summed E-state index contributed by atoms with van der Waals surface area (Å²) in [6.07, 6.45) is 4.49. The molecule has 0 amide bonds. The lowest BCUT2D eigenvalue weighted by molar-refractivity contribution is -0.383. The molecular weight excluding hydrogens is 270 g/mol. The van der Waals surface area contributed by atoms with Gasteiger partial charge in [0.2, 0.25) is 0 Å². The lowest BCUT2D eigenvalue weighted by Crippen LogP contribution is -2.20. The summed E-state index contributed by atoms with van der Waals surface area (Å²) in [5.41, 5.74) is 0.985. The number of pyridine rings is 1. The van der Waals surface area contributed by atoms with Gasteiger partial charge in [0.15, 0.2) is 0 Å². The molecule has 6 nitrogen and oxygen atoms in total. The maximum Gasteiger partial charge on any atom is 0.278 e. The molecule has 0 aliphatic carbocycles. The Hall–Kier alpha value is -2.21. The molecule has 0 bridgehead atoms. The van der Waals surface area contributed by atoms with Crippen molar-refractivity contribution in [2.75, 3.05) is 18.5 Å². The van der Waals surface area contributed by atoms with Crippen LogP contribution in [0.15, 0.2) is 30.6 Å². The molecule has 3 rings (SSSR count). The van der Waals surface area contributed by atoms with Crippen LogP contribution in [0, 0.1) is 16.0 Å². The lowest BCUT2D eigenvalue weighted by atomic mass is 10.0. The highest BCUT2D eigenvalue weighted by Crippen LogP contribution is 2.31. The first-order valence-corrected chi connectivity index (χ1v) is 7.03. The quantitative estimate of drug-likeness (QED) is 0.691. The molecule has 2 heterocycles. The number of nitro groups is 1. The van der Waals surface area contributed by atoms with Crippen molar-refractivity contribution in [1.29, 1.82) is 0 Å². The molecule has 1 aromatic heterocycles. The summed E-state index contributed by atoms with van der Waals surface area (Å²) >= 11 is 0. The summed E-state index contributed by atoms with van der Waals surface area (Å²) in [7, 11) is 0. The van der Waals surface area contributed by atoms with Crippen molar-refractivity contribution in [3.8, 4) is 0 Å². The van der Waals surface area contributed by atoms with Gasteiger partial charge in [-0.3, -0.25) is 15.1 Å². The molecule has 1 N–H and O–H groups in total. The largest absolute Gasteiger partial charge is 0.384 e. The van der Waals surface area contributed by atoms with Gasteiger partial charge < -0.3 is 10.1 Å². The van der Waals surface area contributed by atoms with E-state index in [0.29, 0.717) is 11.3 Å². The second-order valence-electron chi connectivity index (χ2n) is 5.32. The molecule has 0 saturated carbocycles. The summed E-state index contributed by atoms with van der Waals surface area (Å²) in [5, 5.41) is 15.9. The van der Waals surface area contributed by atoms with Gasteiger partial charge in [-0.05, 0) is 25.5 Å². The van der Waals surface area contributed by atoms with Gasteiger partial charge in [-0.1, -0.05) is 0 Å². The molecule has 2 unspecified atom stereocenters. The Morgan fingerprint density at radius 2 is 2.29 bits per heavy atom. The van der Waals surface area contributed by atoms with Gasteiger partial charge in [0.25, 0.3) is 5.69 Å². The first kappa shape index (κ1) is 13.8. The van der Waals surface area contributed by atoms with Gasteiger partial charge in [0, 0.05) is 48.6 Å². The number of benzene rings is 1. The molecule has 1 fully saturated rings. The molecule has 1 aliphatic heterocycles. The van der Waals surface area contributed by atoms with Gasteiger partial charge in [-0.25, -0.2) is 0 Å². The minimum atomic E-state index is -0.374. The van der Waals surface area contributed by atoms with Crippen molar-refractivity contribution in [2.45, 2.75) is 19.4 Å². The van der Waals surface area contributed by atoms with Crippen molar-refractivity contribution in [3.63, 3.8) is 0 Å². The first-order valence-electron chi connectivity index (χ1n) is 7.03. The lowest BCUT2D eigenvalue weighted by Gasteiger charge is -2.16. The number of ether oxygens (including phenoxy) is 1. The number of hydrogen-bond donors (Lipinski definition) is 1. The van der Waals surface area contributed by atoms with Crippen LogP contribution in [0.5, 0.6) is 0 Å². The van der Waals surface area contributed by atoms with E-state index in [0.717, 1.165) is 30.6 Å². The monoisotopic (exact) mass is 287 g/mol. The van der Waals surface area contributed by atoms with Crippen LogP contribution >= 0.6 is 0 Å². The van der Waals surface area contributed by atoms with Crippen LogP contribution in [0.3, 0.4) is 0 Å². The molecule has 6 heteroatoms. The Morgan fingerprint density at radius 3 is 3.00 bits per heavy atom. The van der Waals surface area contributed by atoms with Crippen LogP contribution < -0.4 is 5.32 Å². The number of rotatable bonds is 4. The van der Waals surface area contributed by atoms with Crippen LogP contribution in [-0.2, 0) is 4.74 Å². The molecule has 1 saturated heterocycles. The zero-order valence-electron chi connectivity index (χ0n) is 11.8. The molecule has 0 radical (unpaired) electrons. The average molecular weight is 287 g/mol. The van der Waals surface area contributed by atoms with Crippen LogP contribution in [-0.4, -0.2) is 29.2 Å². The summed E-state index contributed by atoms with van der Waals surface area (Å²) in [6, 6.07) is 5.10. The molecule has 21 heavy (non-hydrogen) atoms. The Morgan fingerprint density at radius 1 is 1.43 bits per heavy atom. The molecule has 0 spiro atoms. The molecule has 2 aromatic rings. The number of aromatic nitrogens is 1. The summed E-state index contributed by atoms with van der Waals surface area (Å²) in [4.78, 5) is 14.7. The second-order valence-corrected chi connectivity index (χ2v) is 5.32. The van der Waals surface area contributed by atoms with E-state index in [4.69, 9.17) is 4.74 Å². The Bertz CT molecular complexity index is 674. The van der Waals surface area contributed by atoms with Gasteiger partial charge in [-0.2, -0.15) is 0 Å². The minimum Gasteiger partial charge on any atom is -0.384 e. The van der Waals surface area contributed by atoms with Crippen molar-refractivity contribution in [2.24, 2.45) is 5.92 Å². The van der Waals surface area contributed by atoms with Crippen molar-refractivity contribution in [1.82, 2.24) is 4.98 Å². The van der Waals surface area contributed by atoms with E-state index < -0.39 is 0 Å². The fourth-order valence-corrected chi connectivity index (χ4v) is 2.77. The number of anilines is 1. The molecular formula is C15H17N3O3. The Labute approximate surface area is 122 Å². The van der Waals surface area contributed by atoms with Crippen LogP contribution in [0.4, 0.5) is 11.4 Å². The summed E-state index contributed by atoms with van der Waals surface area (Å²) < 4.78 is 5.55. The molecule has 2 atom stereocenters. The van der Waals surface area contributed by atoms with E-state index in [9.17, 15) is 10.1 Å². The predicted molar refractivity (Wildman–Crippen MR) is 80.4 cm³/mol. The minimum absolute atomic E-state index is 0.0845. The highest BCUT2D eigenvalue weighted by molar-refractivity contribution is 5.99. The summed E-state index contributed by atoms with van der Waals surface area (Å²) in [5.74, 6) is 0.470. The van der Waals surface area contributed by atoms with Crippen LogP contribution in [0.2, 0.25) is 0 Å². The smallest absolute Gasteiger partial charge is 0.278 e. The Balaban J connectivity index is 1.89. The third-order valence-electron chi connectivity index (χ3n) is 4.08. The fraction of sp³-hybridized carbons (Fsp3) is 0.400. The van der Waals surface area contributed by atoms with Crippen LogP contribution in [0.1, 0.15) is 13.3 Å². The zero-order valence-corrected chi connectivity index (χ0v) is 11.8. The van der Waals surface area contributed by atoms with E-state index in [2.05, 4.69) is 17.2 Å². The highest BCUT2D eigenvalue weighted by Gasteiger charge is 2.24. The second kappa shape index (κ2) is 5.65. The number of nitrogens with one attached hydrogen (secondary N) is 1. The maximum atomic E-state index is 11.1. The third kappa shape index (κ3) is 2.67. The average Bonchev–Trinajstić information content (AvgIpc) is 2.89. The number of nitro benzene ring substituents is 1. The number of nitrogens with zero attached hydrogens (tertiary/aromatic N) is 2. The first-order chi connectivity index (χ1) is 10.2. The van der Waals surface area contributed by atoms with Crippen molar-refractivity contribution in [3.05, 3.63) is 40.7 Å². The van der Waals surface area contributed by atoms with Gasteiger partial charge in [-0.15, -0.1) is 0 Å². The number of non-ortho nitro benzene ring substituents is 1. The van der Waals surface area contributed by atoms with E-state index in [1.54, 1.807) is 24.5 Å². The predicted octanol–water partition coefficient (Wildman–Crippen LogP) is 2.98. The zero-order chi connectivity index (χ0) is 14.8. The van der Waals surface area contributed by atoms with Gasteiger partial charge in [0.05, 0.1) is 16.4 Å². The maximum absolute atomic E-state index is 11.1. The van der Waals surface area contributed by atoms with Gasteiger partial charge >= 0.3 is 0 Å². The van der Waals surface area contributed by atoms with Gasteiger partial charge in [0.1, 0.15) is 0 Å². The molecule has 1 aliphatic rings. The van der Waals surface area contributed by atoms with E-state index in [-0.39, 0.29) is 16.7 Å². The Kier molecular flexibility index (Phi) is 3.70. The molecule has 1 aromatic carbocycles. The van der Waals surface area contributed by atoms with Crippen molar-refractivity contribution < 1.29 is 9.66 Å². The summed E-state index contributed by atoms with van der Waals surface area (Å²) in [6.45, 7) is 3.69. The number of hydrogen-bond acceptors (Lipinski definition) is 5. The number of fused-ring (bicyclic) bond motifs is 1. The van der Waals surface area contributed by atoms with E-state index in [1.807, 2.05) is 0 Å². The van der Waals surface area contributed by atoms with E-state index >= 15 is 0 Å². The molecule has 110 valence electrons. The van der Waals surface area contributed by atoms with E-state index in [1.165, 1.54) is 6.07 Å². The normalized spacial score (nSPS) is 21.6. The fourth-order valence-electron chi connectivity index (χ4n) is 2.77. The topological polar surface area (TPSA) is 77.3 Å². The standard InChI is InChI=1S/C15H17N3O3/c1-10-11(5-7-21-10)8-17-14-2-3-15(18(19)20)13-9-16-6-4-12(13)14/h2-4,6,9-11,17H,5,7-8H2,1H3. The third-order valence-corrected chi connectivity index (χ3v) is 4.08. The van der Waals surface area contributed by atoms with Crippen LogP contribution in [0.25, 0.3) is 10.8 Å². The highest BCUT2D eigenvalue weighted by atomic mass is 16.6. The van der Waals surface area contributed by atoms with Crippen molar-refractivity contribution >= 4 is 22.1 Å². The SMILES string of the molecule is CC1OCCC1CNc1ccc([N+](=O)[O-])c2cnccc12.